The molecule has 2 aromatic carbocycles. The van der Waals surface area contributed by atoms with Gasteiger partial charge < -0.3 is 15.1 Å². The molecule has 0 aromatic heterocycles. The molecule has 0 fully saturated rings. The Bertz CT molecular complexity index is 792. The summed E-state index contributed by atoms with van der Waals surface area (Å²) in [6.07, 6.45) is -0.365. The highest BCUT2D eigenvalue weighted by atomic mass is 16.6. The first kappa shape index (κ1) is 17.4. The van der Waals surface area contributed by atoms with E-state index in [-0.39, 0.29) is 10.6 Å². The molecule has 0 spiro atoms. The van der Waals surface area contributed by atoms with Crippen molar-refractivity contribution in [2.24, 2.45) is 0 Å². The number of hydrogen-bond donors (Lipinski definition) is 2. The Balaban J connectivity index is 1.92. The van der Waals surface area contributed by atoms with Crippen molar-refractivity contribution < 1.29 is 15.1 Å². The van der Waals surface area contributed by atoms with Crippen molar-refractivity contribution in [1.29, 1.82) is 0 Å². The SMILES string of the molecule is CC(O)CN(CC(C)O)c1ccc2c(c1)Cc1cc([N+](=O)[O-])ccc1-2. The van der Waals surface area contributed by atoms with Gasteiger partial charge in [-0.2, -0.15) is 0 Å². The van der Waals surface area contributed by atoms with E-state index in [1.165, 1.54) is 6.07 Å². The van der Waals surface area contributed by atoms with E-state index in [2.05, 4.69) is 0 Å². The maximum Gasteiger partial charge on any atom is 0.269 e. The number of non-ortho nitro benzene ring substituents is 1. The average Bonchev–Trinajstić information content (AvgIpc) is 2.89. The van der Waals surface area contributed by atoms with Crippen LogP contribution in [0.25, 0.3) is 11.1 Å². The van der Waals surface area contributed by atoms with Gasteiger partial charge in [-0.1, -0.05) is 6.07 Å². The van der Waals surface area contributed by atoms with Gasteiger partial charge in [0.2, 0.25) is 0 Å². The molecule has 0 heterocycles. The molecule has 3 rings (SSSR count). The van der Waals surface area contributed by atoms with Crippen LogP contribution in [0, 0.1) is 10.1 Å². The number of fused-ring (bicyclic) bond motifs is 3. The Labute approximate surface area is 146 Å². The van der Waals surface area contributed by atoms with E-state index in [0.717, 1.165) is 27.9 Å². The van der Waals surface area contributed by atoms with Crippen LogP contribution >= 0.6 is 0 Å². The number of nitro benzene ring substituents is 1. The third-order valence-electron chi connectivity index (χ3n) is 4.39. The molecule has 0 bridgehead atoms. The van der Waals surface area contributed by atoms with E-state index >= 15 is 0 Å². The zero-order valence-electron chi connectivity index (χ0n) is 14.3. The number of aliphatic hydroxyl groups excluding tert-OH is 2. The lowest BCUT2D eigenvalue weighted by atomic mass is 10.0. The van der Waals surface area contributed by atoms with E-state index in [0.29, 0.717) is 19.5 Å². The fourth-order valence-corrected chi connectivity index (χ4v) is 3.42. The van der Waals surface area contributed by atoms with Crippen molar-refractivity contribution in [2.45, 2.75) is 32.5 Å². The lowest BCUT2D eigenvalue weighted by molar-refractivity contribution is -0.384. The molecule has 0 amide bonds. The Morgan fingerprint density at radius 1 is 1.04 bits per heavy atom. The second-order valence-electron chi connectivity index (χ2n) is 6.72. The number of rotatable bonds is 6. The highest BCUT2D eigenvalue weighted by Crippen LogP contribution is 2.39. The summed E-state index contributed by atoms with van der Waals surface area (Å²) in [7, 11) is 0. The average molecular weight is 342 g/mol. The Morgan fingerprint density at radius 3 is 2.16 bits per heavy atom. The van der Waals surface area contributed by atoms with Gasteiger partial charge in [0.05, 0.1) is 17.1 Å². The molecule has 0 saturated heterocycles. The summed E-state index contributed by atoms with van der Waals surface area (Å²) in [5, 5.41) is 30.4. The van der Waals surface area contributed by atoms with Gasteiger partial charge in [0, 0.05) is 30.9 Å². The summed E-state index contributed by atoms with van der Waals surface area (Å²) in [6, 6.07) is 11.0. The van der Waals surface area contributed by atoms with Gasteiger partial charge in [0.1, 0.15) is 0 Å². The Kier molecular flexibility index (Phi) is 4.74. The first-order chi connectivity index (χ1) is 11.8. The van der Waals surface area contributed by atoms with Crippen LogP contribution in [0.2, 0.25) is 0 Å². The number of benzene rings is 2. The lowest BCUT2D eigenvalue weighted by Crippen LogP contribution is -2.36. The molecule has 0 radical (unpaired) electrons. The largest absolute Gasteiger partial charge is 0.392 e. The summed E-state index contributed by atoms with van der Waals surface area (Å²) < 4.78 is 0. The zero-order chi connectivity index (χ0) is 18.1. The van der Waals surface area contributed by atoms with Crippen molar-refractivity contribution in [1.82, 2.24) is 0 Å². The predicted octanol–water partition coefficient (Wildman–Crippen LogP) is 2.73. The van der Waals surface area contributed by atoms with Crippen LogP contribution in [0.5, 0.6) is 0 Å². The van der Waals surface area contributed by atoms with Gasteiger partial charge in [0.15, 0.2) is 0 Å². The highest BCUT2D eigenvalue weighted by Gasteiger charge is 2.22. The van der Waals surface area contributed by atoms with E-state index in [9.17, 15) is 20.3 Å². The molecule has 0 aliphatic heterocycles. The second-order valence-corrected chi connectivity index (χ2v) is 6.72. The standard InChI is InChI=1S/C19H22N2O4/c1-12(22)10-20(11-13(2)23)16-3-5-18-14(8-16)7-15-9-17(21(24)25)4-6-19(15)18/h3-6,8-9,12-13,22-23H,7,10-11H2,1-2H3. The number of hydrogen-bond acceptors (Lipinski definition) is 5. The Hall–Kier alpha value is -2.44. The van der Waals surface area contributed by atoms with Gasteiger partial charge in [0.25, 0.3) is 5.69 Å². The fourth-order valence-electron chi connectivity index (χ4n) is 3.42. The minimum Gasteiger partial charge on any atom is -0.392 e. The van der Waals surface area contributed by atoms with Gasteiger partial charge >= 0.3 is 0 Å². The Morgan fingerprint density at radius 2 is 1.60 bits per heavy atom. The first-order valence-electron chi connectivity index (χ1n) is 8.37. The fraction of sp³-hybridized carbons (Fsp3) is 0.368. The van der Waals surface area contributed by atoms with Crippen LogP contribution in [0.15, 0.2) is 36.4 Å². The van der Waals surface area contributed by atoms with Crippen LogP contribution in [0.3, 0.4) is 0 Å². The zero-order valence-corrected chi connectivity index (χ0v) is 14.3. The molecule has 25 heavy (non-hydrogen) atoms. The third-order valence-corrected chi connectivity index (χ3v) is 4.39. The van der Waals surface area contributed by atoms with Crippen molar-refractivity contribution >= 4 is 11.4 Å². The van der Waals surface area contributed by atoms with Crippen LogP contribution < -0.4 is 4.90 Å². The van der Waals surface area contributed by atoms with Gasteiger partial charge in [-0.15, -0.1) is 0 Å². The molecule has 2 aromatic rings. The van der Waals surface area contributed by atoms with Crippen LogP contribution in [0.1, 0.15) is 25.0 Å². The molecule has 132 valence electrons. The molecule has 2 N–H and O–H groups in total. The summed E-state index contributed by atoms with van der Waals surface area (Å²) in [4.78, 5) is 12.6. The topological polar surface area (TPSA) is 86.8 Å². The summed E-state index contributed by atoms with van der Waals surface area (Å²) in [6.45, 7) is 4.30. The molecule has 0 saturated carbocycles. The quantitative estimate of drug-likeness (QED) is 0.531. The van der Waals surface area contributed by atoms with Gasteiger partial charge in [-0.3, -0.25) is 10.1 Å². The molecule has 2 atom stereocenters. The summed E-state index contributed by atoms with van der Waals surface area (Å²) >= 11 is 0. The van der Waals surface area contributed by atoms with Crippen LogP contribution in [-0.2, 0) is 6.42 Å². The van der Waals surface area contributed by atoms with Crippen molar-refractivity contribution in [3.05, 3.63) is 57.6 Å². The molecule has 6 heteroatoms. The first-order valence-corrected chi connectivity index (χ1v) is 8.37. The predicted molar refractivity (Wildman–Crippen MR) is 96.9 cm³/mol. The normalized spacial score (nSPS) is 14.6. The monoisotopic (exact) mass is 342 g/mol. The van der Waals surface area contributed by atoms with Crippen molar-refractivity contribution in [2.75, 3.05) is 18.0 Å². The maximum absolute atomic E-state index is 11.0. The number of aliphatic hydroxyl groups is 2. The molecule has 1 aliphatic carbocycles. The number of anilines is 1. The molecule has 6 nitrogen and oxygen atoms in total. The van der Waals surface area contributed by atoms with E-state index in [1.807, 2.05) is 29.2 Å². The minimum atomic E-state index is -0.508. The third kappa shape index (κ3) is 3.65. The van der Waals surface area contributed by atoms with Crippen LogP contribution in [0.4, 0.5) is 11.4 Å². The minimum absolute atomic E-state index is 0.108. The smallest absolute Gasteiger partial charge is 0.269 e. The molecule has 2 unspecified atom stereocenters. The van der Waals surface area contributed by atoms with Gasteiger partial charge in [-0.05, 0) is 60.7 Å². The maximum atomic E-state index is 11.0. The summed E-state index contributed by atoms with van der Waals surface area (Å²) in [5.41, 5.74) is 5.22. The lowest BCUT2D eigenvalue weighted by Gasteiger charge is -2.28. The van der Waals surface area contributed by atoms with E-state index in [1.54, 1.807) is 19.9 Å². The van der Waals surface area contributed by atoms with Gasteiger partial charge in [-0.25, -0.2) is 0 Å². The van der Waals surface area contributed by atoms with Crippen molar-refractivity contribution in [3.63, 3.8) is 0 Å². The molecule has 1 aliphatic rings. The van der Waals surface area contributed by atoms with Crippen molar-refractivity contribution in [3.8, 4) is 11.1 Å². The highest BCUT2D eigenvalue weighted by molar-refractivity contribution is 5.79. The van der Waals surface area contributed by atoms with E-state index < -0.39 is 12.2 Å². The second kappa shape index (κ2) is 6.82. The summed E-state index contributed by atoms with van der Waals surface area (Å²) in [5.74, 6) is 0. The number of nitrogens with zero attached hydrogens (tertiary/aromatic N) is 2. The number of nitro groups is 1. The van der Waals surface area contributed by atoms with E-state index in [4.69, 9.17) is 0 Å². The molecular formula is C19H22N2O4. The molecular weight excluding hydrogens is 320 g/mol. The van der Waals surface area contributed by atoms with Crippen LogP contribution in [-0.4, -0.2) is 40.4 Å².